The van der Waals surface area contributed by atoms with Crippen LogP contribution in [0.4, 0.5) is 0 Å². The number of hydrogen-bond donors (Lipinski definition) is 4. The van der Waals surface area contributed by atoms with Crippen LogP contribution in [-0.2, 0) is 30.2 Å². The number of unbranched alkanes of at least 4 members (excludes halogenated alkanes) is 4. The van der Waals surface area contributed by atoms with Gasteiger partial charge in [0.05, 0.1) is 6.61 Å². The summed E-state index contributed by atoms with van der Waals surface area (Å²) in [5.74, 6) is 0.634. The Hall–Kier alpha value is -0.320. The third-order valence-corrected chi connectivity index (χ3v) is 6.45. The highest BCUT2D eigenvalue weighted by Crippen LogP contribution is 2.30. The van der Waals surface area contributed by atoms with Crippen LogP contribution in [-0.4, -0.2) is 91.1 Å². The fourth-order valence-electron chi connectivity index (χ4n) is 2.62. The maximum Gasteiger partial charge on any atom is 0.284 e. The molecule has 14 heteroatoms. The highest BCUT2D eigenvalue weighted by atomic mass is 32.3. The maximum atomic E-state index is 11.0. The fraction of sp³-hybridized carbons (Fsp3) is 0.933. The second-order valence-corrected chi connectivity index (χ2v) is 10.3. The number of rotatable bonds is 12. The largest absolute Gasteiger partial charge is 0.714 e. The molecule has 0 aromatic heterocycles. The number of aliphatic hydroxyl groups excluding tert-OH is 4. The van der Waals surface area contributed by atoms with Crippen molar-refractivity contribution in [2.24, 2.45) is 5.16 Å². The third-order valence-electron chi connectivity index (χ3n) is 4.15. The molecule has 0 bridgehead atoms. The van der Waals surface area contributed by atoms with Crippen LogP contribution in [0.5, 0.6) is 0 Å². The Kier molecular flexibility index (Phi) is 12.1. The van der Waals surface area contributed by atoms with Gasteiger partial charge in [-0.2, -0.15) is 8.42 Å². The maximum absolute atomic E-state index is 11.0. The third kappa shape index (κ3) is 10.5. The van der Waals surface area contributed by atoms with E-state index in [-0.39, 0.29) is 11.5 Å². The molecule has 1 aliphatic heterocycles. The van der Waals surface area contributed by atoms with E-state index in [2.05, 4.69) is 9.44 Å². The lowest BCUT2D eigenvalue weighted by atomic mass is 10.0. The summed E-state index contributed by atoms with van der Waals surface area (Å²) in [6, 6.07) is 0. The molecule has 0 aromatic carbocycles. The molecule has 1 heterocycles. The molecule has 0 aliphatic carbocycles. The van der Waals surface area contributed by atoms with E-state index in [1.807, 2.05) is 0 Å². The molecule has 29 heavy (non-hydrogen) atoms. The van der Waals surface area contributed by atoms with E-state index in [0.29, 0.717) is 12.2 Å². The molecule has 1 rings (SSSR count). The Morgan fingerprint density at radius 3 is 2.34 bits per heavy atom. The van der Waals surface area contributed by atoms with Crippen molar-refractivity contribution in [1.82, 2.24) is 0 Å². The molecule has 0 amide bonds. The van der Waals surface area contributed by atoms with Crippen molar-refractivity contribution in [3.8, 4) is 0 Å². The lowest BCUT2D eigenvalue weighted by Gasteiger charge is -2.39. The summed E-state index contributed by atoms with van der Waals surface area (Å²) in [4.78, 5) is 0. The van der Waals surface area contributed by atoms with Crippen LogP contribution < -0.4 is 0 Å². The molecular formula is C15H28NO10S3-. The minimum absolute atomic E-state index is 0.0448. The van der Waals surface area contributed by atoms with Crippen LogP contribution >= 0.6 is 11.8 Å². The van der Waals surface area contributed by atoms with Crippen molar-refractivity contribution < 1.29 is 46.6 Å². The zero-order chi connectivity index (χ0) is 22.0. The number of hydrogen-bond acceptors (Lipinski definition) is 12. The van der Waals surface area contributed by atoms with Gasteiger partial charge in [-0.05, 0) is 19.3 Å². The highest BCUT2D eigenvalue weighted by Gasteiger charge is 2.44. The quantitative estimate of drug-likeness (QED) is 0.0675. The summed E-state index contributed by atoms with van der Waals surface area (Å²) in [5.41, 5.74) is -1.17. The van der Waals surface area contributed by atoms with Gasteiger partial charge in [0.15, 0.2) is 0 Å². The monoisotopic (exact) mass is 478 g/mol. The lowest BCUT2D eigenvalue weighted by molar-refractivity contribution is -0.205. The average molecular weight is 479 g/mol. The van der Waals surface area contributed by atoms with E-state index in [9.17, 15) is 37.6 Å². The molecule has 1 fully saturated rings. The first-order valence-corrected chi connectivity index (χ1v) is 13.0. The van der Waals surface area contributed by atoms with Gasteiger partial charge in [-0.25, -0.2) is 0 Å². The molecule has 6 atom stereocenters. The van der Waals surface area contributed by atoms with E-state index in [1.54, 1.807) is 6.26 Å². The number of oxime groups is 1. The number of thioether (sulfide) groups is 1. The van der Waals surface area contributed by atoms with Crippen LogP contribution in [0.1, 0.15) is 38.5 Å². The van der Waals surface area contributed by atoms with Gasteiger partial charge in [-0.1, -0.05) is 36.2 Å². The number of aliphatic hydroxyl groups is 4. The van der Waals surface area contributed by atoms with Crippen LogP contribution in [0.3, 0.4) is 0 Å². The molecule has 0 radical (unpaired) electrons. The minimum atomic E-state index is -5.07. The standard InChI is InChI=1S/C15H29NO10S3/c1-28(21)8-6-4-2-3-5-7-11(16-26-29(22,23)24)27-15-14(20)13(19)12(18)10(9-17)25-15/h10,12-15,17-20H,2-9H2,1H3,(H,22,23,24)/p-1/b16-11+/t10-,12-,13+,14-,15+,28?/m1/s1. The summed E-state index contributed by atoms with van der Waals surface area (Å²) in [5, 5.41) is 42.3. The minimum Gasteiger partial charge on any atom is -0.714 e. The molecule has 4 N–H and O–H groups in total. The number of ether oxygens (including phenoxy) is 1. The van der Waals surface area contributed by atoms with Crippen molar-refractivity contribution in [1.29, 1.82) is 0 Å². The summed E-state index contributed by atoms with van der Waals surface area (Å²) >= 11 is 0.739. The van der Waals surface area contributed by atoms with Crippen molar-refractivity contribution in [2.45, 2.75) is 68.4 Å². The van der Waals surface area contributed by atoms with Crippen molar-refractivity contribution in [2.75, 3.05) is 18.6 Å². The Bertz CT molecular complexity index is 642. The van der Waals surface area contributed by atoms with Crippen LogP contribution in [0, 0.1) is 0 Å². The van der Waals surface area contributed by atoms with Crippen LogP contribution in [0.2, 0.25) is 0 Å². The van der Waals surface area contributed by atoms with Gasteiger partial charge < -0.3 is 29.7 Å². The zero-order valence-electron chi connectivity index (χ0n) is 16.0. The topological polar surface area (TPSA) is 186 Å². The molecule has 1 aliphatic rings. The summed E-state index contributed by atoms with van der Waals surface area (Å²) in [6.45, 7) is -0.609. The highest BCUT2D eigenvalue weighted by molar-refractivity contribution is 8.14. The summed E-state index contributed by atoms with van der Waals surface area (Å²) in [6.07, 6.45) is -0.0138. The second kappa shape index (κ2) is 13.2. The van der Waals surface area contributed by atoms with Crippen molar-refractivity contribution in [3.05, 3.63) is 0 Å². The van der Waals surface area contributed by atoms with Gasteiger partial charge in [0.1, 0.15) is 34.9 Å². The Morgan fingerprint density at radius 1 is 1.14 bits per heavy atom. The van der Waals surface area contributed by atoms with Crippen molar-refractivity contribution in [3.63, 3.8) is 0 Å². The SMILES string of the molecule is CS(=O)CCCCCCC/C(=N\OS(=O)(=O)[O-])S[C@@H]1O[C@H](CO)[C@@H](O)[C@H](O)[C@H]1O. The zero-order valence-corrected chi connectivity index (χ0v) is 18.4. The average Bonchev–Trinajstić information content (AvgIpc) is 2.64. The Morgan fingerprint density at radius 2 is 1.76 bits per heavy atom. The Balaban J connectivity index is 2.64. The molecular weight excluding hydrogens is 450 g/mol. The van der Waals surface area contributed by atoms with Gasteiger partial charge in [0, 0.05) is 22.8 Å². The molecule has 1 saturated heterocycles. The molecule has 172 valence electrons. The summed E-state index contributed by atoms with van der Waals surface area (Å²) < 4.78 is 52.3. The van der Waals surface area contributed by atoms with E-state index >= 15 is 0 Å². The second-order valence-electron chi connectivity index (χ2n) is 6.58. The molecule has 0 saturated carbocycles. The molecule has 1 unspecified atom stereocenters. The van der Waals surface area contributed by atoms with E-state index in [1.165, 1.54) is 0 Å². The lowest BCUT2D eigenvalue weighted by Crippen LogP contribution is -2.57. The van der Waals surface area contributed by atoms with E-state index < -0.39 is 57.7 Å². The Labute approximate surface area is 176 Å². The van der Waals surface area contributed by atoms with E-state index in [4.69, 9.17) is 4.74 Å². The fourth-order valence-corrected chi connectivity index (χ4v) is 4.57. The molecule has 11 nitrogen and oxygen atoms in total. The van der Waals surface area contributed by atoms with Gasteiger partial charge in [-0.3, -0.25) is 8.49 Å². The van der Waals surface area contributed by atoms with Crippen molar-refractivity contribution >= 4 is 38.0 Å². The first-order valence-electron chi connectivity index (χ1n) is 9.03. The first-order chi connectivity index (χ1) is 13.5. The number of nitrogens with zero attached hydrogens (tertiary/aromatic N) is 1. The molecule has 0 aromatic rings. The summed E-state index contributed by atoms with van der Waals surface area (Å²) in [7, 11) is -5.90. The van der Waals surface area contributed by atoms with E-state index in [0.717, 1.165) is 37.4 Å². The van der Waals surface area contributed by atoms with Gasteiger partial charge in [0.2, 0.25) is 0 Å². The normalized spacial score (nSPS) is 29.6. The van der Waals surface area contributed by atoms with Crippen LogP contribution in [0.25, 0.3) is 0 Å². The predicted octanol–water partition coefficient (Wildman–Crippen LogP) is -0.971. The molecule has 0 spiro atoms. The van der Waals surface area contributed by atoms with Gasteiger partial charge in [-0.15, -0.1) is 0 Å². The smallest absolute Gasteiger partial charge is 0.284 e. The van der Waals surface area contributed by atoms with Gasteiger partial charge >= 0.3 is 0 Å². The van der Waals surface area contributed by atoms with Gasteiger partial charge in [0.25, 0.3) is 10.4 Å². The van der Waals surface area contributed by atoms with Crippen LogP contribution in [0.15, 0.2) is 5.16 Å². The predicted molar refractivity (Wildman–Crippen MR) is 106 cm³/mol. The first kappa shape index (κ1) is 26.7.